The molecule has 2 saturated heterocycles. The van der Waals surface area contributed by atoms with Crippen molar-refractivity contribution < 1.29 is 36.7 Å². The first-order valence-corrected chi connectivity index (χ1v) is 14.0. The lowest BCUT2D eigenvalue weighted by molar-refractivity contribution is -0.138. The summed E-state index contributed by atoms with van der Waals surface area (Å²) in [6.45, 7) is 4.40. The molecule has 14 heteroatoms. The summed E-state index contributed by atoms with van der Waals surface area (Å²) in [6.07, 6.45) is -3.98. The Kier molecular flexibility index (Phi) is 7.77. The molecule has 0 saturated carbocycles. The van der Waals surface area contributed by atoms with Gasteiger partial charge in [-0.15, -0.1) is 0 Å². The normalized spacial score (nSPS) is 20.8. The monoisotopic (exact) mass is 624 g/mol. The number of likely N-dealkylation sites (tertiary alicyclic amines) is 1. The number of carbonyl (C=O) groups is 3. The van der Waals surface area contributed by atoms with Gasteiger partial charge in [0.1, 0.15) is 11.8 Å². The van der Waals surface area contributed by atoms with Crippen LogP contribution in [0.5, 0.6) is 0 Å². The molecule has 42 heavy (non-hydrogen) atoms. The Morgan fingerprint density at radius 3 is 2.57 bits per heavy atom. The smallest absolute Gasteiger partial charge is 0.416 e. The molecule has 5 rings (SSSR count). The molecule has 0 N–H and O–H groups in total. The number of fused-ring (bicyclic) bond motifs is 1. The molecule has 1 aromatic heterocycles. The quantitative estimate of drug-likeness (QED) is 0.236. The molecule has 0 aliphatic carbocycles. The van der Waals surface area contributed by atoms with Gasteiger partial charge < -0.3 is 9.64 Å². The second kappa shape index (κ2) is 10.9. The first-order valence-electron chi connectivity index (χ1n) is 12.8. The number of imide groups is 1. The van der Waals surface area contributed by atoms with Gasteiger partial charge in [-0.3, -0.25) is 19.2 Å². The number of halogens is 5. The topological polar surface area (TPSA) is 84.7 Å². The molecule has 2 aliphatic rings. The minimum absolute atomic E-state index is 0.00188. The first-order chi connectivity index (χ1) is 19.6. The van der Waals surface area contributed by atoms with Gasteiger partial charge in [0.15, 0.2) is 0 Å². The minimum atomic E-state index is -4.59. The van der Waals surface area contributed by atoms with E-state index < -0.39 is 46.8 Å². The second-order valence-corrected chi connectivity index (χ2v) is 12.4. The molecule has 3 heterocycles. The van der Waals surface area contributed by atoms with Crippen LogP contribution >= 0.6 is 23.4 Å². The molecule has 222 valence electrons. The summed E-state index contributed by atoms with van der Waals surface area (Å²) in [5.74, 6) is -0.679. The van der Waals surface area contributed by atoms with E-state index in [0.717, 1.165) is 15.9 Å². The fraction of sp³-hybridized carbons (Fsp3) is 0.357. The molecule has 0 bridgehead atoms. The van der Waals surface area contributed by atoms with Crippen LogP contribution in [0.2, 0.25) is 5.02 Å². The summed E-state index contributed by atoms with van der Waals surface area (Å²) >= 11 is 6.44. The van der Waals surface area contributed by atoms with E-state index in [1.165, 1.54) is 29.1 Å². The number of aromatic nitrogens is 2. The largest absolute Gasteiger partial charge is 0.444 e. The van der Waals surface area contributed by atoms with Gasteiger partial charge in [-0.1, -0.05) is 23.7 Å². The van der Waals surface area contributed by atoms with Crippen LogP contribution in [-0.4, -0.2) is 67.7 Å². The van der Waals surface area contributed by atoms with Crippen LogP contribution < -0.4 is 0 Å². The Hall–Kier alpha value is -3.58. The molecule has 0 spiro atoms. The van der Waals surface area contributed by atoms with Gasteiger partial charge in [0.05, 0.1) is 41.3 Å². The van der Waals surface area contributed by atoms with Crippen LogP contribution in [0.15, 0.2) is 47.5 Å². The lowest BCUT2D eigenvalue weighted by Crippen LogP contribution is -2.45. The first kappa shape index (κ1) is 29.9. The predicted molar refractivity (Wildman–Crippen MR) is 150 cm³/mol. The SMILES string of the molecule is CC(C)(C)OC(=O)N1CC(F)C(N2C(=O)S/C(=C\c3ccc4c(cnn4Cc4ccc(Cl)cc4C(F)(F)F)c3)C2=O)C1. The van der Waals surface area contributed by atoms with Crippen LogP contribution in [0.25, 0.3) is 17.0 Å². The molecule has 0 radical (unpaired) electrons. The lowest BCUT2D eigenvalue weighted by Gasteiger charge is -2.25. The van der Waals surface area contributed by atoms with Gasteiger partial charge in [0.2, 0.25) is 0 Å². The number of hydrogen-bond donors (Lipinski definition) is 0. The van der Waals surface area contributed by atoms with Crippen LogP contribution in [0.4, 0.5) is 27.2 Å². The zero-order valence-corrected chi connectivity index (χ0v) is 24.2. The molecular formula is C28H25ClF4N4O4S. The predicted octanol–water partition coefficient (Wildman–Crippen LogP) is 6.75. The van der Waals surface area contributed by atoms with Crippen molar-refractivity contribution in [2.45, 2.75) is 51.3 Å². The summed E-state index contributed by atoms with van der Waals surface area (Å²) in [5.41, 5.74) is -0.549. The Morgan fingerprint density at radius 2 is 1.88 bits per heavy atom. The Morgan fingerprint density at radius 1 is 1.14 bits per heavy atom. The maximum Gasteiger partial charge on any atom is 0.416 e. The van der Waals surface area contributed by atoms with E-state index >= 15 is 0 Å². The van der Waals surface area contributed by atoms with E-state index in [1.54, 1.807) is 39.0 Å². The van der Waals surface area contributed by atoms with E-state index in [9.17, 15) is 31.9 Å². The number of hydrogen-bond acceptors (Lipinski definition) is 6. The van der Waals surface area contributed by atoms with Crippen molar-refractivity contribution in [1.29, 1.82) is 0 Å². The molecular weight excluding hydrogens is 600 g/mol. The van der Waals surface area contributed by atoms with Crippen molar-refractivity contribution in [3.05, 3.63) is 69.2 Å². The standard InChI is InChI=1S/C28H25ClF4N4O4S/c1-27(2,3)41-25(39)35-13-20(30)22(14-35)37-24(38)23(42-26(37)40)9-15-4-7-21-17(8-15)11-34-36(21)12-16-5-6-18(29)10-19(16)28(31,32)33/h4-11,20,22H,12-14H2,1-3H3/b23-9-. The molecule has 2 aromatic carbocycles. The highest BCUT2D eigenvalue weighted by molar-refractivity contribution is 8.18. The molecule has 2 aliphatic heterocycles. The van der Waals surface area contributed by atoms with Crippen molar-refractivity contribution >= 4 is 57.6 Å². The van der Waals surface area contributed by atoms with Gasteiger partial charge in [0, 0.05) is 17.0 Å². The van der Waals surface area contributed by atoms with Crippen LogP contribution in [0, 0.1) is 0 Å². The summed E-state index contributed by atoms with van der Waals surface area (Å²) in [4.78, 5) is 40.4. The van der Waals surface area contributed by atoms with Gasteiger partial charge in [-0.2, -0.15) is 18.3 Å². The summed E-state index contributed by atoms with van der Waals surface area (Å²) in [5, 5.41) is 4.15. The highest BCUT2D eigenvalue weighted by Gasteiger charge is 2.48. The number of ether oxygens (including phenoxy) is 1. The number of carbonyl (C=O) groups excluding carboxylic acids is 3. The molecule has 2 fully saturated rings. The number of nitrogens with zero attached hydrogens (tertiary/aromatic N) is 4. The molecule has 3 amide bonds. The van der Waals surface area contributed by atoms with Crippen molar-refractivity contribution in [3.63, 3.8) is 0 Å². The van der Waals surface area contributed by atoms with Crippen LogP contribution in [-0.2, 0) is 22.3 Å². The fourth-order valence-electron chi connectivity index (χ4n) is 4.82. The zero-order valence-electron chi connectivity index (χ0n) is 22.6. The highest BCUT2D eigenvalue weighted by Crippen LogP contribution is 2.37. The van der Waals surface area contributed by atoms with Gasteiger partial charge >= 0.3 is 12.3 Å². The number of rotatable bonds is 4. The number of thioether (sulfide) groups is 1. The molecule has 2 unspecified atom stereocenters. The lowest BCUT2D eigenvalue weighted by atomic mass is 10.1. The van der Waals surface area contributed by atoms with E-state index in [1.807, 2.05) is 0 Å². The summed E-state index contributed by atoms with van der Waals surface area (Å²) in [7, 11) is 0. The van der Waals surface area contributed by atoms with E-state index in [4.69, 9.17) is 16.3 Å². The van der Waals surface area contributed by atoms with Gasteiger partial charge in [-0.05, 0) is 74.0 Å². The third-order valence-corrected chi connectivity index (χ3v) is 7.81. The van der Waals surface area contributed by atoms with Gasteiger partial charge in [-0.25, -0.2) is 9.18 Å². The van der Waals surface area contributed by atoms with Crippen molar-refractivity contribution in [3.8, 4) is 0 Å². The average Bonchev–Trinajstić information content (AvgIpc) is 3.53. The van der Waals surface area contributed by atoms with Crippen molar-refractivity contribution in [2.75, 3.05) is 13.1 Å². The zero-order chi connectivity index (χ0) is 30.6. The Bertz CT molecular complexity index is 1620. The van der Waals surface area contributed by atoms with Crippen molar-refractivity contribution in [2.24, 2.45) is 0 Å². The third kappa shape index (κ3) is 6.12. The maximum absolute atomic E-state index is 14.9. The Balaban J connectivity index is 1.34. The minimum Gasteiger partial charge on any atom is -0.444 e. The Labute approximate surface area is 247 Å². The maximum atomic E-state index is 14.9. The summed E-state index contributed by atoms with van der Waals surface area (Å²) < 4.78 is 62.3. The molecule has 8 nitrogen and oxygen atoms in total. The number of benzene rings is 2. The average molecular weight is 625 g/mol. The van der Waals surface area contributed by atoms with E-state index in [2.05, 4.69) is 5.10 Å². The van der Waals surface area contributed by atoms with Crippen LogP contribution in [0.3, 0.4) is 0 Å². The van der Waals surface area contributed by atoms with E-state index in [0.29, 0.717) is 28.2 Å². The summed E-state index contributed by atoms with van der Waals surface area (Å²) in [6, 6.07) is 7.38. The molecule has 3 aromatic rings. The van der Waals surface area contributed by atoms with Gasteiger partial charge in [0.25, 0.3) is 11.1 Å². The number of alkyl halides is 4. The fourth-order valence-corrected chi connectivity index (χ4v) is 5.87. The van der Waals surface area contributed by atoms with Crippen molar-refractivity contribution in [1.82, 2.24) is 19.6 Å². The van der Waals surface area contributed by atoms with E-state index in [-0.39, 0.29) is 35.1 Å². The molecule has 2 atom stereocenters. The van der Waals surface area contributed by atoms with Crippen LogP contribution in [0.1, 0.15) is 37.5 Å². The third-order valence-electron chi connectivity index (χ3n) is 6.69. The highest BCUT2D eigenvalue weighted by atomic mass is 35.5. The second-order valence-electron chi connectivity index (χ2n) is 10.9. The number of amides is 3.